The van der Waals surface area contributed by atoms with Crippen LogP contribution in [-0.4, -0.2) is 28.3 Å². The molecule has 2 heterocycles. The summed E-state index contributed by atoms with van der Waals surface area (Å²) in [6, 6.07) is 14.0. The van der Waals surface area contributed by atoms with Crippen LogP contribution in [0.25, 0.3) is 11.2 Å². The van der Waals surface area contributed by atoms with Crippen LogP contribution in [0.4, 0.5) is 4.39 Å². The molecule has 0 saturated carbocycles. The summed E-state index contributed by atoms with van der Waals surface area (Å²) in [5, 5.41) is 0. The maximum atomic E-state index is 13.9. The molecule has 7 heteroatoms. The van der Waals surface area contributed by atoms with Crippen LogP contribution in [0.15, 0.2) is 59.5 Å². The summed E-state index contributed by atoms with van der Waals surface area (Å²) < 4.78 is 26.4. The number of aromatic nitrogens is 3. The number of hydrogen-bond donors (Lipinski definition) is 1. The fraction of sp³-hybridized carbons (Fsp3) is 0.217. The van der Waals surface area contributed by atoms with Crippen molar-refractivity contribution >= 4 is 11.2 Å². The highest BCUT2D eigenvalue weighted by molar-refractivity contribution is 5.71. The van der Waals surface area contributed by atoms with Gasteiger partial charge in [-0.2, -0.15) is 0 Å². The van der Waals surface area contributed by atoms with Crippen molar-refractivity contribution in [2.24, 2.45) is 0 Å². The minimum absolute atomic E-state index is 0.255. The number of pyridine rings is 1. The van der Waals surface area contributed by atoms with E-state index in [9.17, 15) is 9.18 Å². The van der Waals surface area contributed by atoms with E-state index in [1.807, 2.05) is 31.2 Å². The number of nitrogens with one attached hydrogen (secondary N) is 1. The molecule has 0 aliphatic carbocycles. The molecule has 4 rings (SSSR count). The number of halogens is 1. The molecule has 0 amide bonds. The number of nitrogens with zero attached hydrogens (tertiary/aromatic N) is 2. The molecule has 2 aromatic carbocycles. The first-order valence-corrected chi connectivity index (χ1v) is 9.69. The number of methoxy groups -OCH3 is 1. The standard InChI is InChI=1S/C23H22FN3O3/c1-3-30-21-12-15(8-9-20(21)29-2)14-27-22-19(26-23(27)28)11-16(13-25-22)10-17-6-4-5-7-18(17)24/h4-9,11-13H,3,10,14H2,1-2H3,(H,26,28). The Morgan fingerprint density at radius 3 is 2.70 bits per heavy atom. The van der Waals surface area contributed by atoms with Gasteiger partial charge in [0.2, 0.25) is 0 Å². The van der Waals surface area contributed by atoms with Gasteiger partial charge in [0.25, 0.3) is 0 Å². The summed E-state index contributed by atoms with van der Waals surface area (Å²) in [4.78, 5) is 19.9. The first-order chi connectivity index (χ1) is 14.6. The monoisotopic (exact) mass is 407 g/mol. The van der Waals surface area contributed by atoms with E-state index in [2.05, 4.69) is 9.97 Å². The van der Waals surface area contributed by atoms with Crippen LogP contribution in [0.1, 0.15) is 23.6 Å². The molecule has 154 valence electrons. The van der Waals surface area contributed by atoms with Crippen molar-refractivity contribution in [1.82, 2.24) is 14.5 Å². The fourth-order valence-electron chi connectivity index (χ4n) is 3.46. The van der Waals surface area contributed by atoms with Crippen molar-refractivity contribution in [3.63, 3.8) is 0 Å². The third kappa shape index (κ3) is 3.91. The van der Waals surface area contributed by atoms with E-state index in [0.29, 0.717) is 47.8 Å². The van der Waals surface area contributed by atoms with Gasteiger partial charge >= 0.3 is 5.69 Å². The predicted molar refractivity (Wildman–Crippen MR) is 113 cm³/mol. The minimum Gasteiger partial charge on any atom is -0.493 e. The summed E-state index contributed by atoms with van der Waals surface area (Å²) in [6.45, 7) is 2.75. The van der Waals surface area contributed by atoms with Crippen LogP contribution in [0.5, 0.6) is 11.5 Å². The second-order valence-electron chi connectivity index (χ2n) is 6.92. The van der Waals surface area contributed by atoms with Gasteiger partial charge in [0.1, 0.15) is 5.82 Å². The number of hydrogen-bond acceptors (Lipinski definition) is 4. The van der Waals surface area contributed by atoms with Crippen LogP contribution >= 0.6 is 0 Å². The molecule has 0 aliphatic heterocycles. The molecule has 0 aliphatic rings. The van der Waals surface area contributed by atoms with E-state index in [0.717, 1.165) is 11.1 Å². The van der Waals surface area contributed by atoms with Crippen molar-refractivity contribution in [3.8, 4) is 11.5 Å². The molecule has 0 unspecified atom stereocenters. The molecule has 30 heavy (non-hydrogen) atoms. The second kappa shape index (κ2) is 8.41. The third-order valence-corrected chi connectivity index (χ3v) is 4.89. The summed E-state index contributed by atoms with van der Waals surface area (Å²) in [6.07, 6.45) is 2.08. The zero-order valence-electron chi connectivity index (χ0n) is 16.8. The van der Waals surface area contributed by atoms with Crippen LogP contribution in [0.3, 0.4) is 0 Å². The summed E-state index contributed by atoms with van der Waals surface area (Å²) in [5.41, 5.74) is 3.21. The molecular weight excluding hydrogens is 385 g/mol. The lowest BCUT2D eigenvalue weighted by Gasteiger charge is -2.11. The highest BCUT2D eigenvalue weighted by Gasteiger charge is 2.12. The number of ether oxygens (including phenoxy) is 2. The van der Waals surface area contributed by atoms with Gasteiger partial charge in [-0.15, -0.1) is 0 Å². The molecule has 0 radical (unpaired) electrons. The van der Waals surface area contributed by atoms with E-state index in [1.165, 1.54) is 6.07 Å². The molecule has 2 aromatic heterocycles. The highest BCUT2D eigenvalue weighted by Crippen LogP contribution is 2.28. The van der Waals surface area contributed by atoms with Gasteiger partial charge in [-0.3, -0.25) is 4.57 Å². The molecule has 6 nitrogen and oxygen atoms in total. The van der Waals surface area contributed by atoms with E-state index in [1.54, 1.807) is 36.1 Å². The molecule has 1 N–H and O–H groups in total. The smallest absolute Gasteiger partial charge is 0.327 e. The number of aromatic amines is 1. The van der Waals surface area contributed by atoms with Crippen molar-refractivity contribution < 1.29 is 13.9 Å². The van der Waals surface area contributed by atoms with E-state index in [4.69, 9.17) is 9.47 Å². The average molecular weight is 407 g/mol. The Morgan fingerprint density at radius 1 is 1.10 bits per heavy atom. The lowest BCUT2D eigenvalue weighted by molar-refractivity contribution is 0.310. The molecule has 0 fully saturated rings. The third-order valence-electron chi connectivity index (χ3n) is 4.89. The van der Waals surface area contributed by atoms with Crippen LogP contribution in [0, 0.1) is 5.82 Å². The van der Waals surface area contributed by atoms with Crippen molar-refractivity contribution in [3.05, 3.63) is 87.7 Å². The number of benzene rings is 2. The first-order valence-electron chi connectivity index (χ1n) is 9.69. The molecule has 0 atom stereocenters. The van der Waals surface area contributed by atoms with Crippen molar-refractivity contribution in [2.75, 3.05) is 13.7 Å². The summed E-state index contributed by atoms with van der Waals surface area (Å²) in [5.74, 6) is 1.02. The number of fused-ring (bicyclic) bond motifs is 1. The zero-order chi connectivity index (χ0) is 21.1. The molecule has 0 bridgehead atoms. The van der Waals surface area contributed by atoms with Crippen LogP contribution in [-0.2, 0) is 13.0 Å². The number of H-pyrrole nitrogens is 1. The SMILES string of the molecule is CCOc1cc(Cn2c(=O)[nH]c3cc(Cc4ccccc4F)cnc32)ccc1OC. The van der Waals surface area contributed by atoms with Gasteiger partial charge < -0.3 is 14.5 Å². The van der Waals surface area contributed by atoms with Crippen LogP contribution in [0.2, 0.25) is 0 Å². The van der Waals surface area contributed by atoms with Gasteiger partial charge in [0, 0.05) is 12.6 Å². The molecular formula is C23H22FN3O3. The molecule has 0 saturated heterocycles. The summed E-state index contributed by atoms with van der Waals surface area (Å²) in [7, 11) is 1.59. The average Bonchev–Trinajstić information content (AvgIpc) is 3.05. The Kier molecular flexibility index (Phi) is 5.52. The van der Waals surface area contributed by atoms with E-state index in [-0.39, 0.29) is 11.5 Å². The Balaban J connectivity index is 1.64. The fourth-order valence-corrected chi connectivity index (χ4v) is 3.46. The van der Waals surface area contributed by atoms with E-state index < -0.39 is 0 Å². The van der Waals surface area contributed by atoms with Gasteiger partial charge in [-0.25, -0.2) is 14.2 Å². The van der Waals surface area contributed by atoms with Crippen molar-refractivity contribution in [2.45, 2.75) is 19.9 Å². The van der Waals surface area contributed by atoms with Gasteiger partial charge in [0.05, 0.1) is 25.8 Å². The Labute approximate surface area is 172 Å². The summed E-state index contributed by atoms with van der Waals surface area (Å²) >= 11 is 0. The van der Waals surface area contributed by atoms with Gasteiger partial charge in [0.15, 0.2) is 17.1 Å². The predicted octanol–water partition coefficient (Wildman–Crippen LogP) is 3.91. The number of rotatable bonds is 7. The number of imidazole rings is 1. The van der Waals surface area contributed by atoms with Crippen LogP contribution < -0.4 is 15.2 Å². The maximum absolute atomic E-state index is 13.9. The normalized spacial score (nSPS) is 11.0. The molecule has 0 spiro atoms. The Morgan fingerprint density at radius 2 is 1.93 bits per heavy atom. The lowest BCUT2D eigenvalue weighted by atomic mass is 10.1. The quantitative estimate of drug-likeness (QED) is 0.504. The largest absolute Gasteiger partial charge is 0.493 e. The van der Waals surface area contributed by atoms with E-state index >= 15 is 0 Å². The minimum atomic E-state index is -0.256. The van der Waals surface area contributed by atoms with Gasteiger partial charge in [-0.1, -0.05) is 24.3 Å². The second-order valence-corrected chi connectivity index (χ2v) is 6.92. The Hall–Kier alpha value is -3.61. The Bertz CT molecular complexity index is 1250. The maximum Gasteiger partial charge on any atom is 0.327 e. The zero-order valence-corrected chi connectivity index (χ0v) is 16.8. The van der Waals surface area contributed by atoms with Crippen molar-refractivity contribution in [1.29, 1.82) is 0 Å². The van der Waals surface area contributed by atoms with Gasteiger partial charge in [-0.05, 0) is 47.9 Å². The first kappa shape index (κ1) is 19.7. The topological polar surface area (TPSA) is 69.1 Å². The lowest BCUT2D eigenvalue weighted by Crippen LogP contribution is -2.17. The highest BCUT2D eigenvalue weighted by atomic mass is 19.1. The molecule has 4 aromatic rings.